The van der Waals surface area contributed by atoms with Crippen LogP contribution in [0.4, 0.5) is 0 Å². The Hall–Kier alpha value is -1.07. The van der Waals surface area contributed by atoms with Crippen molar-refractivity contribution in [2.24, 2.45) is 0 Å². The highest BCUT2D eigenvalue weighted by molar-refractivity contribution is 5.76. The fourth-order valence-electron chi connectivity index (χ4n) is 6.68. The van der Waals surface area contributed by atoms with Gasteiger partial charge >= 0.3 is 0 Å². The summed E-state index contributed by atoms with van der Waals surface area (Å²) < 4.78 is 11.2. The van der Waals surface area contributed by atoms with E-state index in [1.165, 1.54) is 128 Å². The van der Waals surface area contributed by atoms with Crippen LogP contribution in [-0.2, 0) is 14.3 Å². The molecule has 0 aliphatic carbocycles. The second-order valence-corrected chi connectivity index (χ2v) is 14.8. The molecule has 0 aromatic rings. The smallest absolute Gasteiger partial charge is 0.220 e. The van der Waals surface area contributed by atoms with Crippen molar-refractivity contribution in [3.05, 3.63) is 12.2 Å². The van der Waals surface area contributed by atoms with Crippen LogP contribution in [0, 0.1) is 0 Å². The molecule has 1 saturated heterocycles. The van der Waals surface area contributed by atoms with E-state index in [1.807, 2.05) is 6.08 Å². The standard InChI is InChI=1S/C41H79NO8/c1-3-5-7-9-11-13-15-17-19-21-23-25-27-29-31-37(45)42-34(33-49-41-40(48)39(47)38(46)36(32-43)50-41)35(44)30-28-26-24-22-20-18-16-14-12-10-8-6-4-2/h28,30,34-36,38-41,43-44,46-48H,3-27,29,31-33H2,1-2H3,(H,42,45)/t34-,35+,36+,38+,39-,40+,41+/m0/s1. The first-order chi connectivity index (χ1) is 24.3. The number of hydrogen-bond acceptors (Lipinski definition) is 8. The Bertz CT molecular complexity index is 797. The Labute approximate surface area is 306 Å². The number of carbonyl (C=O) groups excluding carboxylic acids is 1. The van der Waals surface area contributed by atoms with E-state index in [9.17, 15) is 30.3 Å². The highest BCUT2D eigenvalue weighted by Crippen LogP contribution is 2.22. The fraction of sp³-hybridized carbons (Fsp3) is 0.927. The maximum Gasteiger partial charge on any atom is 0.220 e. The van der Waals surface area contributed by atoms with Gasteiger partial charge in [-0.05, 0) is 19.3 Å². The summed E-state index contributed by atoms with van der Waals surface area (Å²) in [6.07, 6.45) is 28.2. The number of allylic oxidation sites excluding steroid dienone is 1. The molecule has 296 valence electrons. The summed E-state index contributed by atoms with van der Waals surface area (Å²) in [6, 6.07) is -0.796. The van der Waals surface area contributed by atoms with E-state index in [0.717, 1.165) is 38.5 Å². The predicted octanol–water partition coefficient (Wildman–Crippen LogP) is 7.78. The summed E-state index contributed by atoms with van der Waals surface area (Å²) in [4.78, 5) is 12.9. The van der Waals surface area contributed by atoms with Gasteiger partial charge in [-0.3, -0.25) is 4.79 Å². The van der Waals surface area contributed by atoms with E-state index in [1.54, 1.807) is 6.08 Å². The molecule has 0 radical (unpaired) electrons. The van der Waals surface area contributed by atoms with Crippen LogP contribution in [0.1, 0.15) is 187 Å². The van der Waals surface area contributed by atoms with Gasteiger partial charge in [-0.25, -0.2) is 0 Å². The Balaban J connectivity index is 2.41. The minimum atomic E-state index is -1.56. The van der Waals surface area contributed by atoms with Gasteiger partial charge in [0.1, 0.15) is 24.4 Å². The third kappa shape index (κ3) is 23.5. The molecule has 0 saturated carbocycles. The Kier molecular flexibility index (Phi) is 30.6. The molecule has 1 heterocycles. The van der Waals surface area contributed by atoms with Crippen molar-refractivity contribution in [3.63, 3.8) is 0 Å². The number of aliphatic hydroxyl groups is 5. The highest BCUT2D eigenvalue weighted by Gasteiger charge is 2.44. The van der Waals surface area contributed by atoms with Crippen LogP contribution < -0.4 is 5.32 Å². The van der Waals surface area contributed by atoms with E-state index in [4.69, 9.17) is 9.47 Å². The molecule has 7 atom stereocenters. The van der Waals surface area contributed by atoms with Crippen molar-refractivity contribution in [2.75, 3.05) is 13.2 Å². The van der Waals surface area contributed by atoms with Crippen LogP contribution in [0.15, 0.2) is 12.2 Å². The highest BCUT2D eigenvalue weighted by atomic mass is 16.7. The molecule has 1 aliphatic heterocycles. The number of amides is 1. The average molecular weight is 714 g/mol. The number of aliphatic hydroxyl groups excluding tert-OH is 5. The van der Waals surface area contributed by atoms with Crippen LogP contribution in [0.2, 0.25) is 0 Å². The van der Waals surface area contributed by atoms with Gasteiger partial charge in [0.25, 0.3) is 0 Å². The van der Waals surface area contributed by atoms with Crippen LogP contribution in [-0.4, -0.2) is 87.5 Å². The van der Waals surface area contributed by atoms with Gasteiger partial charge < -0.3 is 40.3 Å². The fourth-order valence-corrected chi connectivity index (χ4v) is 6.68. The summed E-state index contributed by atoms with van der Waals surface area (Å²) in [5.74, 6) is -0.177. The second kappa shape index (κ2) is 32.6. The van der Waals surface area contributed by atoms with Crippen molar-refractivity contribution in [1.29, 1.82) is 0 Å². The van der Waals surface area contributed by atoms with Crippen LogP contribution in [0.3, 0.4) is 0 Å². The van der Waals surface area contributed by atoms with Crippen LogP contribution in [0.25, 0.3) is 0 Å². The van der Waals surface area contributed by atoms with E-state index >= 15 is 0 Å². The van der Waals surface area contributed by atoms with Crippen molar-refractivity contribution in [3.8, 4) is 0 Å². The maximum atomic E-state index is 12.9. The molecule has 1 fully saturated rings. The van der Waals surface area contributed by atoms with E-state index < -0.39 is 49.5 Å². The molecule has 1 rings (SSSR count). The topological polar surface area (TPSA) is 149 Å². The first-order valence-electron chi connectivity index (χ1n) is 20.9. The third-order valence-corrected chi connectivity index (χ3v) is 10.1. The van der Waals surface area contributed by atoms with Gasteiger partial charge in [0.2, 0.25) is 5.91 Å². The minimum absolute atomic E-state index is 0.177. The largest absolute Gasteiger partial charge is 0.394 e. The van der Waals surface area contributed by atoms with Gasteiger partial charge in [0, 0.05) is 6.42 Å². The lowest BCUT2D eigenvalue weighted by Gasteiger charge is -2.40. The molecule has 0 bridgehead atoms. The number of hydrogen-bond donors (Lipinski definition) is 6. The zero-order valence-electron chi connectivity index (χ0n) is 32.2. The molecule has 0 unspecified atom stereocenters. The van der Waals surface area contributed by atoms with Crippen molar-refractivity contribution >= 4 is 5.91 Å². The Morgan fingerprint density at radius 1 is 0.660 bits per heavy atom. The van der Waals surface area contributed by atoms with Gasteiger partial charge in [-0.15, -0.1) is 0 Å². The van der Waals surface area contributed by atoms with Gasteiger partial charge in [-0.2, -0.15) is 0 Å². The normalized spacial score (nSPS) is 22.3. The molecule has 9 heteroatoms. The number of ether oxygens (including phenoxy) is 2. The van der Waals surface area contributed by atoms with Crippen LogP contribution >= 0.6 is 0 Å². The minimum Gasteiger partial charge on any atom is -0.394 e. The lowest BCUT2D eigenvalue weighted by atomic mass is 9.99. The Morgan fingerprint density at radius 3 is 1.56 bits per heavy atom. The summed E-state index contributed by atoms with van der Waals surface area (Å²) in [5.41, 5.74) is 0. The SMILES string of the molecule is CCCCCCCCCCCCCC=C[C@@H](O)[C@H](CO[C@@H]1O[C@H](CO)[C@@H](O)[C@H](O)[C@H]1O)NC(=O)CCCCCCCCCCCCCCCC. The van der Waals surface area contributed by atoms with Crippen molar-refractivity contribution in [2.45, 2.75) is 230 Å². The monoisotopic (exact) mass is 714 g/mol. The van der Waals surface area contributed by atoms with Gasteiger partial charge in [0.05, 0.1) is 25.4 Å². The molecule has 6 N–H and O–H groups in total. The summed E-state index contributed by atoms with van der Waals surface area (Å²) in [7, 11) is 0. The molecule has 0 aromatic carbocycles. The van der Waals surface area contributed by atoms with E-state index in [-0.39, 0.29) is 12.5 Å². The molecule has 1 amide bonds. The number of unbranched alkanes of at least 4 members (excludes halogenated alkanes) is 24. The van der Waals surface area contributed by atoms with Gasteiger partial charge in [0.15, 0.2) is 6.29 Å². The number of rotatable bonds is 34. The maximum absolute atomic E-state index is 12.9. The zero-order valence-corrected chi connectivity index (χ0v) is 32.2. The molecular weight excluding hydrogens is 634 g/mol. The lowest BCUT2D eigenvalue weighted by molar-refractivity contribution is -0.302. The quantitative estimate of drug-likeness (QED) is 0.0293. The summed E-state index contributed by atoms with van der Waals surface area (Å²) >= 11 is 0. The summed E-state index contributed by atoms with van der Waals surface area (Å²) in [5, 5.41) is 54.0. The Morgan fingerprint density at radius 2 is 1.10 bits per heavy atom. The molecule has 0 spiro atoms. The summed E-state index contributed by atoms with van der Waals surface area (Å²) in [6.45, 7) is 3.76. The molecule has 0 aromatic heterocycles. The van der Waals surface area contributed by atoms with E-state index in [0.29, 0.717) is 6.42 Å². The third-order valence-electron chi connectivity index (χ3n) is 10.1. The second-order valence-electron chi connectivity index (χ2n) is 14.8. The van der Waals surface area contributed by atoms with Crippen LogP contribution in [0.5, 0.6) is 0 Å². The molecule has 9 nitrogen and oxygen atoms in total. The van der Waals surface area contributed by atoms with Gasteiger partial charge in [-0.1, -0.05) is 174 Å². The first-order valence-corrected chi connectivity index (χ1v) is 20.9. The van der Waals surface area contributed by atoms with Crippen molar-refractivity contribution < 1.29 is 39.8 Å². The molecule has 1 aliphatic rings. The lowest BCUT2D eigenvalue weighted by Crippen LogP contribution is -2.60. The number of carbonyl (C=O) groups is 1. The average Bonchev–Trinajstić information content (AvgIpc) is 3.11. The molecule has 50 heavy (non-hydrogen) atoms. The number of nitrogens with one attached hydrogen (secondary N) is 1. The first kappa shape index (κ1) is 47.0. The van der Waals surface area contributed by atoms with Crippen molar-refractivity contribution in [1.82, 2.24) is 5.32 Å². The zero-order chi connectivity index (χ0) is 36.7. The predicted molar refractivity (Wildman–Crippen MR) is 203 cm³/mol. The molecular formula is C41H79NO8. The van der Waals surface area contributed by atoms with E-state index in [2.05, 4.69) is 19.2 Å².